The highest BCUT2D eigenvalue weighted by atomic mass is 16.7. The zero-order chi connectivity index (χ0) is 12.7. The number of hydrogen-bond acceptors (Lipinski definition) is 4. The second-order valence-corrected chi connectivity index (χ2v) is 4.48. The van der Waals surface area contributed by atoms with E-state index in [2.05, 4.69) is 16.7 Å². The van der Waals surface area contributed by atoms with Crippen LogP contribution in [0.15, 0.2) is 18.3 Å². The quantitative estimate of drug-likeness (QED) is 0.641. The number of amides is 1. The van der Waals surface area contributed by atoms with Crippen LogP contribution in [0, 0.1) is 6.20 Å². The summed E-state index contributed by atoms with van der Waals surface area (Å²) in [5.41, 5.74) is 2.62. The number of aromatic nitrogens is 1. The molecule has 0 atom stereocenters. The minimum absolute atomic E-state index is 0.349. The predicted molar refractivity (Wildman–Crippen MR) is 62.1 cm³/mol. The van der Waals surface area contributed by atoms with Gasteiger partial charge in [0.2, 0.25) is 0 Å². The summed E-state index contributed by atoms with van der Waals surface area (Å²) in [6, 6.07) is 3.72. The monoisotopic (exact) mass is 237 g/mol. The molecule has 0 aliphatic heterocycles. The molecule has 93 valence electrons. The summed E-state index contributed by atoms with van der Waals surface area (Å²) in [7, 11) is 0. The van der Waals surface area contributed by atoms with Crippen LogP contribution in [0.2, 0.25) is 0 Å². The first-order valence-electron chi connectivity index (χ1n) is 5.40. The first kappa shape index (κ1) is 13.4. The zero-order valence-electron chi connectivity index (χ0n) is 10.3. The molecule has 1 aromatic rings. The number of nitrogens with one attached hydrogen (secondary N) is 1. The zero-order valence-corrected chi connectivity index (χ0v) is 10.3. The SMILES string of the molecule is CC(C)(C)OC(=O)NOCCc1[c]nccc1. The van der Waals surface area contributed by atoms with Crippen molar-refractivity contribution in [1.82, 2.24) is 10.5 Å². The van der Waals surface area contributed by atoms with Crippen molar-refractivity contribution >= 4 is 6.09 Å². The van der Waals surface area contributed by atoms with Crippen LogP contribution in [0.1, 0.15) is 26.3 Å². The lowest BCUT2D eigenvalue weighted by atomic mass is 10.2. The Morgan fingerprint density at radius 1 is 1.53 bits per heavy atom. The van der Waals surface area contributed by atoms with E-state index in [1.807, 2.05) is 12.1 Å². The normalized spacial score (nSPS) is 11.0. The third kappa shape index (κ3) is 6.52. The molecule has 0 unspecified atom stereocenters. The first-order valence-corrected chi connectivity index (χ1v) is 5.40. The Morgan fingerprint density at radius 2 is 2.29 bits per heavy atom. The standard InChI is InChI=1S/C12H17N2O3/c1-12(2,3)17-11(15)14-16-8-6-10-5-4-7-13-9-10/h4-5,7H,6,8H2,1-3H3,(H,14,15). The van der Waals surface area contributed by atoms with E-state index < -0.39 is 11.7 Å². The molecule has 17 heavy (non-hydrogen) atoms. The van der Waals surface area contributed by atoms with Crippen molar-refractivity contribution in [2.45, 2.75) is 32.8 Å². The fourth-order valence-electron chi connectivity index (χ4n) is 1.07. The molecule has 5 heteroatoms. The molecule has 1 rings (SSSR count). The van der Waals surface area contributed by atoms with Gasteiger partial charge in [0, 0.05) is 12.6 Å². The topological polar surface area (TPSA) is 60.5 Å². The van der Waals surface area contributed by atoms with E-state index in [0.717, 1.165) is 5.56 Å². The summed E-state index contributed by atoms with van der Waals surface area (Å²) in [5, 5.41) is 0. The minimum atomic E-state index is -0.590. The average Bonchev–Trinajstić information content (AvgIpc) is 2.23. The number of hydroxylamine groups is 1. The van der Waals surface area contributed by atoms with E-state index in [1.165, 1.54) is 0 Å². The van der Waals surface area contributed by atoms with Crippen LogP contribution in [0.25, 0.3) is 0 Å². The fourth-order valence-corrected chi connectivity index (χ4v) is 1.07. The molecule has 0 aliphatic carbocycles. The van der Waals surface area contributed by atoms with Gasteiger partial charge in [-0.2, -0.15) is 5.48 Å². The van der Waals surface area contributed by atoms with Crippen LogP contribution in [0.3, 0.4) is 0 Å². The Kier molecular flexibility index (Phi) is 4.90. The highest BCUT2D eigenvalue weighted by molar-refractivity contribution is 5.66. The highest BCUT2D eigenvalue weighted by Gasteiger charge is 2.15. The van der Waals surface area contributed by atoms with Gasteiger partial charge in [-0.15, -0.1) is 0 Å². The average molecular weight is 237 g/mol. The summed E-state index contributed by atoms with van der Waals surface area (Å²) in [6.07, 6.45) is 4.52. The van der Waals surface area contributed by atoms with Gasteiger partial charge < -0.3 is 4.74 Å². The maximum Gasteiger partial charge on any atom is 0.431 e. The number of ether oxygens (including phenoxy) is 1. The molecular weight excluding hydrogens is 220 g/mol. The van der Waals surface area contributed by atoms with Gasteiger partial charge in [-0.1, -0.05) is 6.07 Å². The fraction of sp³-hybridized carbons (Fsp3) is 0.500. The summed E-state index contributed by atoms with van der Waals surface area (Å²) < 4.78 is 4.99. The van der Waals surface area contributed by atoms with Crippen molar-refractivity contribution in [2.75, 3.05) is 6.61 Å². The Morgan fingerprint density at radius 3 is 2.88 bits per heavy atom. The molecule has 0 fully saturated rings. The van der Waals surface area contributed by atoms with Crippen LogP contribution in [-0.4, -0.2) is 23.3 Å². The number of nitrogens with zero attached hydrogens (tertiary/aromatic N) is 1. The summed E-state index contributed by atoms with van der Waals surface area (Å²) in [5.74, 6) is 0. The molecule has 0 saturated heterocycles. The van der Waals surface area contributed by atoms with E-state index in [0.29, 0.717) is 13.0 Å². The Labute approximate surface area is 101 Å². The molecule has 1 N–H and O–H groups in total. The Balaban J connectivity index is 2.14. The molecule has 1 amide bonds. The number of hydrogen-bond donors (Lipinski definition) is 1. The van der Waals surface area contributed by atoms with Gasteiger partial charge in [-0.05, 0) is 32.4 Å². The molecule has 0 aliphatic rings. The third-order valence-corrected chi connectivity index (χ3v) is 1.69. The van der Waals surface area contributed by atoms with Crippen molar-refractivity contribution in [3.8, 4) is 0 Å². The van der Waals surface area contributed by atoms with Crippen LogP contribution >= 0.6 is 0 Å². The Hall–Kier alpha value is -1.62. The van der Waals surface area contributed by atoms with Gasteiger partial charge in [0.25, 0.3) is 0 Å². The molecular formula is C12H17N2O3. The molecule has 1 aromatic heterocycles. The summed E-state index contributed by atoms with van der Waals surface area (Å²) in [4.78, 5) is 20.0. The van der Waals surface area contributed by atoms with Gasteiger partial charge in [0.05, 0.1) is 12.8 Å². The van der Waals surface area contributed by atoms with Gasteiger partial charge >= 0.3 is 6.09 Å². The Bertz CT molecular complexity index is 347. The lowest BCUT2D eigenvalue weighted by Gasteiger charge is -2.19. The van der Waals surface area contributed by atoms with E-state index in [9.17, 15) is 4.79 Å². The predicted octanol–water partition coefficient (Wildman–Crippen LogP) is 1.88. The van der Waals surface area contributed by atoms with Crippen molar-refractivity contribution in [3.63, 3.8) is 0 Å². The summed E-state index contributed by atoms with van der Waals surface area (Å²) >= 11 is 0. The molecule has 0 saturated carbocycles. The second kappa shape index (κ2) is 6.20. The van der Waals surface area contributed by atoms with Crippen molar-refractivity contribution in [1.29, 1.82) is 0 Å². The maximum atomic E-state index is 11.2. The molecule has 1 heterocycles. The summed E-state index contributed by atoms with van der Waals surface area (Å²) in [6.45, 7) is 5.72. The first-order chi connectivity index (χ1) is 7.97. The van der Waals surface area contributed by atoms with E-state index in [4.69, 9.17) is 9.57 Å². The van der Waals surface area contributed by atoms with Gasteiger partial charge in [0.1, 0.15) is 5.60 Å². The van der Waals surface area contributed by atoms with E-state index in [1.54, 1.807) is 27.0 Å². The lowest BCUT2D eigenvalue weighted by Crippen LogP contribution is -2.33. The number of carbonyl (C=O) groups is 1. The van der Waals surface area contributed by atoms with E-state index >= 15 is 0 Å². The van der Waals surface area contributed by atoms with E-state index in [-0.39, 0.29) is 0 Å². The highest BCUT2D eigenvalue weighted by Crippen LogP contribution is 2.06. The molecule has 5 nitrogen and oxygen atoms in total. The van der Waals surface area contributed by atoms with Crippen molar-refractivity contribution in [2.24, 2.45) is 0 Å². The van der Waals surface area contributed by atoms with Crippen molar-refractivity contribution < 1.29 is 14.4 Å². The van der Waals surface area contributed by atoms with Crippen LogP contribution < -0.4 is 5.48 Å². The third-order valence-electron chi connectivity index (χ3n) is 1.69. The molecule has 0 spiro atoms. The number of pyridine rings is 1. The largest absolute Gasteiger partial charge is 0.442 e. The number of rotatable bonds is 4. The van der Waals surface area contributed by atoms with Crippen LogP contribution in [-0.2, 0) is 16.0 Å². The number of carbonyl (C=O) groups excluding carboxylic acids is 1. The molecule has 0 aromatic carbocycles. The van der Waals surface area contributed by atoms with Crippen LogP contribution in [0.4, 0.5) is 4.79 Å². The van der Waals surface area contributed by atoms with Crippen molar-refractivity contribution in [3.05, 3.63) is 30.1 Å². The van der Waals surface area contributed by atoms with Gasteiger partial charge in [-0.3, -0.25) is 9.82 Å². The second-order valence-electron chi connectivity index (χ2n) is 4.48. The maximum absolute atomic E-state index is 11.2. The lowest BCUT2D eigenvalue weighted by molar-refractivity contribution is -0.00688. The smallest absolute Gasteiger partial charge is 0.431 e. The van der Waals surface area contributed by atoms with Gasteiger partial charge in [-0.25, -0.2) is 4.79 Å². The molecule has 0 bridgehead atoms. The van der Waals surface area contributed by atoms with Gasteiger partial charge in [0.15, 0.2) is 0 Å². The molecule has 1 radical (unpaired) electrons. The van der Waals surface area contributed by atoms with Crippen LogP contribution in [0.5, 0.6) is 0 Å². The minimum Gasteiger partial charge on any atom is -0.442 e.